The Labute approximate surface area is 113 Å². The normalized spacial score (nSPS) is 23.4. The first kappa shape index (κ1) is 15.7. The van der Waals surface area contributed by atoms with Gasteiger partial charge in [-0.1, -0.05) is 0 Å². The highest BCUT2D eigenvalue weighted by Gasteiger charge is 2.45. The third kappa shape index (κ3) is 4.04. The summed E-state index contributed by atoms with van der Waals surface area (Å²) in [6.45, 7) is 7.61. The number of nitrogens with zero attached hydrogens (tertiary/aromatic N) is 1. The maximum absolute atomic E-state index is 11.6. The van der Waals surface area contributed by atoms with Crippen LogP contribution in [0.15, 0.2) is 12.2 Å². The first-order valence-electron chi connectivity index (χ1n) is 6.25. The lowest BCUT2D eigenvalue weighted by Gasteiger charge is -2.51. The summed E-state index contributed by atoms with van der Waals surface area (Å²) in [5, 5.41) is 22.7. The highest BCUT2D eigenvalue weighted by Crippen LogP contribution is 2.36. The van der Waals surface area contributed by atoms with Gasteiger partial charge in [-0.2, -0.15) is 5.06 Å². The molecule has 0 bridgehead atoms. The van der Waals surface area contributed by atoms with Crippen LogP contribution < -0.4 is 5.32 Å². The Morgan fingerprint density at radius 3 is 2.05 bits per heavy atom. The van der Waals surface area contributed by atoms with E-state index < -0.39 is 23.0 Å². The van der Waals surface area contributed by atoms with Crippen LogP contribution in [0.5, 0.6) is 0 Å². The second-order valence-corrected chi connectivity index (χ2v) is 6.22. The van der Waals surface area contributed by atoms with Crippen LogP contribution in [0.25, 0.3) is 0 Å². The third-order valence-electron chi connectivity index (χ3n) is 3.36. The van der Waals surface area contributed by atoms with Crippen LogP contribution in [0.4, 0.5) is 0 Å². The minimum Gasteiger partial charge on any atom is -0.478 e. The Hall–Kier alpha value is -1.40. The predicted octanol–water partition coefficient (Wildman–Crippen LogP) is 1.15. The molecule has 1 heterocycles. The number of hydrogen-bond acceptors (Lipinski definition) is 4. The third-order valence-corrected chi connectivity index (χ3v) is 3.36. The molecule has 6 heteroatoms. The fourth-order valence-corrected chi connectivity index (χ4v) is 2.77. The second kappa shape index (κ2) is 5.30. The zero-order chi connectivity index (χ0) is 14.8. The van der Waals surface area contributed by atoms with Gasteiger partial charge in [0.25, 0.3) is 0 Å². The standard InChI is InChI=1S/C13H22N2O4/c1-12(2)7-9(8-13(3,4)15(12)19)14-10(16)5-6-11(17)18/h5-6,9,19H,7-8H2,1-4H3,(H,14,16)(H,17,18)/b6-5-. The molecule has 0 atom stereocenters. The number of hydroxylamine groups is 2. The lowest BCUT2D eigenvalue weighted by Crippen LogP contribution is -2.62. The summed E-state index contributed by atoms with van der Waals surface area (Å²) in [4.78, 5) is 21.9. The van der Waals surface area contributed by atoms with Crippen LogP contribution in [-0.4, -0.2) is 44.4 Å². The Morgan fingerprint density at radius 2 is 1.63 bits per heavy atom. The SMILES string of the molecule is CC1(C)CC(NC(=O)/C=C\C(=O)O)CC(C)(C)N1O. The van der Waals surface area contributed by atoms with Crippen LogP contribution in [0.2, 0.25) is 0 Å². The van der Waals surface area contributed by atoms with E-state index in [4.69, 9.17) is 5.11 Å². The molecule has 0 unspecified atom stereocenters. The van der Waals surface area contributed by atoms with Crippen molar-refractivity contribution in [1.82, 2.24) is 10.4 Å². The average molecular weight is 270 g/mol. The Morgan fingerprint density at radius 1 is 1.16 bits per heavy atom. The van der Waals surface area contributed by atoms with E-state index in [2.05, 4.69) is 5.32 Å². The van der Waals surface area contributed by atoms with Crippen LogP contribution in [0.3, 0.4) is 0 Å². The topological polar surface area (TPSA) is 89.9 Å². The predicted molar refractivity (Wildman–Crippen MR) is 69.7 cm³/mol. The van der Waals surface area contributed by atoms with E-state index >= 15 is 0 Å². The summed E-state index contributed by atoms with van der Waals surface area (Å²) >= 11 is 0. The number of rotatable bonds is 3. The molecule has 1 fully saturated rings. The van der Waals surface area contributed by atoms with Gasteiger partial charge < -0.3 is 15.6 Å². The van der Waals surface area contributed by atoms with Crippen molar-refractivity contribution in [2.75, 3.05) is 0 Å². The molecule has 3 N–H and O–H groups in total. The molecule has 0 aliphatic carbocycles. The molecule has 0 aromatic carbocycles. The maximum Gasteiger partial charge on any atom is 0.328 e. The van der Waals surface area contributed by atoms with Crippen molar-refractivity contribution in [3.63, 3.8) is 0 Å². The molecule has 1 aliphatic heterocycles. The van der Waals surface area contributed by atoms with E-state index in [0.717, 1.165) is 12.2 Å². The molecule has 1 saturated heterocycles. The molecule has 1 amide bonds. The molecule has 1 rings (SSSR count). The number of amides is 1. The minimum atomic E-state index is -1.15. The van der Waals surface area contributed by atoms with Gasteiger partial charge in [0.15, 0.2) is 0 Å². The smallest absolute Gasteiger partial charge is 0.328 e. The fraction of sp³-hybridized carbons (Fsp3) is 0.692. The van der Waals surface area contributed by atoms with Gasteiger partial charge in [-0.15, -0.1) is 0 Å². The zero-order valence-corrected chi connectivity index (χ0v) is 11.8. The minimum absolute atomic E-state index is 0.0978. The summed E-state index contributed by atoms with van der Waals surface area (Å²) in [6, 6.07) is -0.0978. The number of carboxylic acids is 1. The molecular formula is C13H22N2O4. The molecule has 0 aromatic heterocycles. The van der Waals surface area contributed by atoms with E-state index in [-0.39, 0.29) is 6.04 Å². The fourth-order valence-electron chi connectivity index (χ4n) is 2.77. The van der Waals surface area contributed by atoms with Gasteiger partial charge >= 0.3 is 5.97 Å². The largest absolute Gasteiger partial charge is 0.478 e. The molecule has 0 aromatic rings. The first-order valence-corrected chi connectivity index (χ1v) is 6.25. The number of carbonyl (C=O) groups excluding carboxylic acids is 1. The molecule has 0 spiro atoms. The Kier molecular flexibility index (Phi) is 4.37. The van der Waals surface area contributed by atoms with E-state index in [9.17, 15) is 14.8 Å². The van der Waals surface area contributed by atoms with Gasteiger partial charge in [0, 0.05) is 29.3 Å². The van der Waals surface area contributed by atoms with Crippen LogP contribution in [0.1, 0.15) is 40.5 Å². The van der Waals surface area contributed by atoms with Crippen molar-refractivity contribution in [3.8, 4) is 0 Å². The van der Waals surface area contributed by atoms with Gasteiger partial charge in [0.1, 0.15) is 0 Å². The average Bonchev–Trinajstić information content (AvgIpc) is 2.22. The summed E-state index contributed by atoms with van der Waals surface area (Å²) in [5.74, 6) is -1.58. The number of carboxylic acid groups (broad SMARTS) is 1. The molecule has 6 nitrogen and oxygen atoms in total. The summed E-state index contributed by atoms with van der Waals surface area (Å²) < 4.78 is 0. The van der Waals surface area contributed by atoms with Gasteiger partial charge in [-0.3, -0.25) is 4.79 Å². The molecule has 0 radical (unpaired) electrons. The Bertz CT molecular complexity index is 383. The zero-order valence-electron chi connectivity index (χ0n) is 11.8. The quantitative estimate of drug-likeness (QED) is 0.669. The van der Waals surface area contributed by atoms with E-state index in [0.29, 0.717) is 12.8 Å². The van der Waals surface area contributed by atoms with Crippen molar-refractivity contribution < 1.29 is 19.9 Å². The molecule has 19 heavy (non-hydrogen) atoms. The number of nitrogens with one attached hydrogen (secondary N) is 1. The monoisotopic (exact) mass is 270 g/mol. The van der Waals surface area contributed by atoms with Crippen molar-refractivity contribution in [1.29, 1.82) is 0 Å². The van der Waals surface area contributed by atoms with Crippen LogP contribution >= 0.6 is 0 Å². The second-order valence-electron chi connectivity index (χ2n) is 6.22. The summed E-state index contributed by atoms with van der Waals surface area (Å²) in [5.41, 5.74) is -0.896. The molecule has 0 saturated carbocycles. The number of hydrogen-bond donors (Lipinski definition) is 3. The van der Waals surface area contributed by atoms with Crippen LogP contribution in [-0.2, 0) is 9.59 Å². The lowest BCUT2D eigenvalue weighted by atomic mass is 9.79. The van der Waals surface area contributed by atoms with Gasteiger partial charge in [0.05, 0.1) is 0 Å². The molecule has 1 aliphatic rings. The summed E-state index contributed by atoms with van der Waals surface area (Å²) in [7, 11) is 0. The maximum atomic E-state index is 11.6. The van der Waals surface area contributed by atoms with Crippen molar-refractivity contribution >= 4 is 11.9 Å². The number of carbonyl (C=O) groups is 2. The molecule has 108 valence electrons. The number of aliphatic carboxylic acids is 1. The van der Waals surface area contributed by atoms with E-state index in [1.54, 1.807) is 0 Å². The lowest BCUT2D eigenvalue weighted by molar-refractivity contribution is -0.245. The van der Waals surface area contributed by atoms with Gasteiger partial charge in [0.2, 0.25) is 5.91 Å². The first-order chi connectivity index (χ1) is 8.54. The van der Waals surface area contributed by atoms with Gasteiger partial charge in [-0.25, -0.2) is 4.79 Å². The van der Waals surface area contributed by atoms with Gasteiger partial charge in [-0.05, 0) is 40.5 Å². The Balaban J connectivity index is 2.71. The number of piperidine rings is 1. The highest BCUT2D eigenvalue weighted by atomic mass is 16.5. The van der Waals surface area contributed by atoms with Crippen molar-refractivity contribution in [2.45, 2.75) is 57.7 Å². The van der Waals surface area contributed by atoms with Crippen LogP contribution in [0, 0.1) is 0 Å². The van der Waals surface area contributed by atoms with E-state index in [1.165, 1.54) is 5.06 Å². The molecular weight excluding hydrogens is 248 g/mol. The van der Waals surface area contributed by atoms with Crippen molar-refractivity contribution in [3.05, 3.63) is 12.2 Å². The highest BCUT2D eigenvalue weighted by molar-refractivity contribution is 5.94. The summed E-state index contributed by atoms with van der Waals surface area (Å²) in [6.07, 6.45) is 3.01. The van der Waals surface area contributed by atoms with E-state index in [1.807, 2.05) is 27.7 Å². The van der Waals surface area contributed by atoms with Crippen molar-refractivity contribution in [2.24, 2.45) is 0 Å².